The van der Waals surface area contributed by atoms with Crippen molar-refractivity contribution in [3.05, 3.63) is 40.4 Å². The molecule has 1 aromatic heterocycles. The normalized spacial score (nSPS) is 14.6. The average molecular weight is 368 g/mol. The largest absolute Gasteiger partial charge is 0.499 e. The fraction of sp³-hybridized carbons (Fsp3) is 0.312. The number of nitrogens with zero attached hydrogens (tertiary/aromatic N) is 3. The molecule has 0 spiro atoms. The molecule has 134 valence electrons. The zero-order chi connectivity index (χ0) is 18.6. The van der Waals surface area contributed by atoms with Gasteiger partial charge in [-0.2, -0.15) is 0 Å². The van der Waals surface area contributed by atoms with Crippen molar-refractivity contribution < 1.29 is 24.4 Å². The summed E-state index contributed by atoms with van der Waals surface area (Å²) >= 11 is 5.95. The van der Waals surface area contributed by atoms with E-state index in [9.17, 15) is 10.2 Å². The highest BCUT2D eigenvalue weighted by molar-refractivity contribution is 6.31. The van der Waals surface area contributed by atoms with Crippen molar-refractivity contribution >= 4 is 29.4 Å². The van der Waals surface area contributed by atoms with Crippen molar-refractivity contribution in [3.63, 3.8) is 0 Å². The zero-order valence-corrected chi connectivity index (χ0v) is 14.7. The summed E-state index contributed by atoms with van der Waals surface area (Å²) in [6.45, 7) is 4.91. The minimum atomic E-state index is -1.64. The highest BCUT2D eigenvalue weighted by Gasteiger charge is 2.24. The van der Waals surface area contributed by atoms with Crippen LogP contribution in [-0.2, 0) is 9.47 Å². The van der Waals surface area contributed by atoms with Gasteiger partial charge < -0.3 is 24.4 Å². The van der Waals surface area contributed by atoms with Crippen LogP contribution >= 0.6 is 11.6 Å². The Balaban J connectivity index is 2.37. The molecule has 25 heavy (non-hydrogen) atoms. The lowest BCUT2D eigenvalue weighted by atomic mass is 10.3. The SMILES string of the molecule is C=N/C(=C(\C)OC)C(O)OC(O)c1nc2cc(Cl)ccc2nc1OC. The molecule has 9 heteroatoms. The van der Waals surface area contributed by atoms with E-state index < -0.39 is 12.6 Å². The number of methoxy groups -OCH3 is 2. The summed E-state index contributed by atoms with van der Waals surface area (Å²) < 4.78 is 15.3. The van der Waals surface area contributed by atoms with Gasteiger partial charge in [0.1, 0.15) is 11.5 Å². The quantitative estimate of drug-likeness (QED) is 0.439. The predicted molar refractivity (Wildman–Crippen MR) is 92.4 cm³/mol. The molecule has 2 aromatic rings. The van der Waals surface area contributed by atoms with Gasteiger partial charge in [0.25, 0.3) is 0 Å². The second-order valence-corrected chi connectivity index (χ2v) is 5.33. The zero-order valence-electron chi connectivity index (χ0n) is 13.9. The molecule has 8 nitrogen and oxygen atoms in total. The van der Waals surface area contributed by atoms with Gasteiger partial charge >= 0.3 is 0 Å². The number of ether oxygens (including phenoxy) is 3. The number of aliphatic hydroxyl groups excluding tert-OH is 2. The van der Waals surface area contributed by atoms with Gasteiger partial charge in [-0.25, -0.2) is 9.97 Å². The highest BCUT2D eigenvalue weighted by atomic mass is 35.5. The Bertz CT molecular complexity index is 812. The molecule has 0 saturated carbocycles. The third kappa shape index (κ3) is 4.23. The van der Waals surface area contributed by atoms with Crippen molar-refractivity contribution in [2.75, 3.05) is 14.2 Å². The fourth-order valence-electron chi connectivity index (χ4n) is 2.05. The minimum absolute atomic E-state index is 0.0187. The molecule has 2 rings (SSSR count). The van der Waals surface area contributed by atoms with E-state index in [2.05, 4.69) is 21.7 Å². The number of hydrogen-bond acceptors (Lipinski definition) is 8. The first kappa shape index (κ1) is 19.1. The number of rotatable bonds is 7. The smallest absolute Gasteiger partial charge is 0.241 e. The average Bonchev–Trinajstić information content (AvgIpc) is 2.60. The Morgan fingerprint density at radius 3 is 2.56 bits per heavy atom. The second-order valence-electron chi connectivity index (χ2n) is 4.90. The summed E-state index contributed by atoms with van der Waals surface area (Å²) in [6.07, 6.45) is -3.23. The van der Waals surface area contributed by atoms with Gasteiger partial charge in [0.05, 0.1) is 25.3 Å². The van der Waals surface area contributed by atoms with Crippen molar-refractivity contribution in [3.8, 4) is 5.88 Å². The lowest BCUT2D eigenvalue weighted by molar-refractivity contribution is -0.198. The molecule has 2 unspecified atom stereocenters. The van der Waals surface area contributed by atoms with E-state index in [0.29, 0.717) is 16.1 Å². The number of fused-ring (bicyclic) bond motifs is 1. The summed E-state index contributed by atoms with van der Waals surface area (Å²) in [6, 6.07) is 4.92. The maximum absolute atomic E-state index is 10.3. The van der Waals surface area contributed by atoms with E-state index in [1.807, 2.05) is 0 Å². The van der Waals surface area contributed by atoms with Crippen LogP contribution in [0.25, 0.3) is 11.0 Å². The topological polar surface area (TPSA) is 106 Å². The standard InChI is InChI=1S/C16H18ClN3O5/c1-8(23-3)12(18-2)15(21)25-16(22)13-14(24-4)20-10-6-5-9(17)7-11(10)19-13/h5-7,15-16,21-22H,2H2,1,3-4H3/b12-8+. The van der Waals surface area contributed by atoms with E-state index in [0.717, 1.165) is 0 Å². The van der Waals surface area contributed by atoms with E-state index in [4.69, 9.17) is 25.8 Å². The molecule has 0 aliphatic rings. The Morgan fingerprint density at radius 2 is 1.96 bits per heavy atom. The summed E-state index contributed by atoms with van der Waals surface area (Å²) in [4.78, 5) is 12.1. The van der Waals surface area contributed by atoms with Crippen LogP contribution in [0.2, 0.25) is 5.02 Å². The van der Waals surface area contributed by atoms with Gasteiger partial charge in [0.15, 0.2) is 5.69 Å². The molecule has 0 aliphatic heterocycles. The number of halogens is 1. The number of aromatic nitrogens is 2. The monoisotopic (exact) mass is 367 g/mol. The third-order valence-corrected chi connectivity index (χ3v) is 3.61. The minimum Gasteiger partial charge on any atom is -0.499 e. The summed E-state index contributed by atoms with van der Waals surface area (Å²) in [5.41, 5.74) is 0.972. The molecule has 1 aromatic carbocycles. The molecule has 0 fully saturated rings. The molecule has 0 bridgehead atoms. The number of aliphatic hydroxyl groups is 2. The van der Waals surface area contributed by atoms with Crippen LogP contribution in [0.1, 0.15) is 18.9 Å². The van der Waals surface area contributed by atoms with Gasteiger partial charge in [0, 0.05) is 5.02 Å². The Hall–Kier alpha value is -2.26. The fourth-order valence-corrected chi connectivity index (χ4v) is 2.22. The van der Waals surface area contributed by atoms with Crippen LogP contribution in [-0.4, -0.2) is 47.4 Å². The lowest BCUT2D eigenvalue weighted by Crippen LogP contribution is -2.20. The van der Waals surface area contributed by atoms with E-state index in [1.165, 1.54) is 14.2 Å². The van der Waals surface area contributed by atoms with Crippen molar-refractivity contribution in [1.82, 2.24) is 9.97 Å². The van der Waals surface area contributed by atoms with E-state index in [1.54, 1.807) is 25.1 Å². The van der Waals surface area contributed by atoms with Crippen LogP contribution in [0.5, 0.6) is 5.88 Å². The van der Waals surface area contributed by atoms with Gasteiger partial charge in [-0.3, -0.25) is 4.99 Å². The summed E-state index contributed by atoms with van der Waals surface area (Å²) in [7, 11) is 2.79. The van der Waals surface area contributed by atoms with Crippen LogP contribution in [0, 0.1) is 0 Å². The Morgan fingerprint density at radius 1 is 1.24 bits per heavy atom. The van der Waals surface area contributed by atoms with Crippen LogP contribution < -0.4 is 4.74 Å². The van der Waals surface area contributed by atoms with Crippen molar-refractivity contribution in [2.24, 2.45) is 4.99 Å². The molecule has 2 atom stereocenters. The highest BCUT2D eigenvalue weighted by Crippen LogP contribution is 2.28. The molecule has 1 heterocycles. The molecule has 0 radical (unpaired) electrons. The predicted octanol–water partition coefficient (Wildman–Crippen LogP) is 2.20. The molecular formula is C16H18ClN3O5. The second kappa shape index (κ2) is 8.21. The van der Waals surface area contributed by atoms with Crippen LogP contribution in [0.3, 0.4) is 0 Å². The van der Waals surface area contributed by atoms with Gasteiger partial charge in [-0.05, 0) is 31.8 Å². The number of allylic oxidation sites excluding steroid dienone is 1. The Labute approximate surface area is 149 Å². The Kier molecular flexibility index (Phi) is 6.27. The maximum atomic E-state index is 10.3. The first-order valence-corrected chi connectivity index (χ1v) is 7.53. The molecule has 2 N–H and O–H groups in total. The summed E-state index contributed by atoms with van der Waals surface area (Å²) in [5.74, 6) is 0.341. The van der Waals surface area contributed by atoms with Gasteiger partial charge in [-0.15, -0.1) is 0 Å². The lowest BCUT2D eigenvalue weighted by Gasteiger charge is -2.19. The van der Waals surface area contributed by atoms with Crippen LogP contribution in [0.4, 0.5) is 0 Å². The molecule has 0 amide bonds. The van der Waals surface area contributed by atoms with Gasteiger partial charge in [-0.1, -0.05) is 11.6 Å². The molecule has 0 aliphatic carbocycles. The maximum Gasteiger partial charge on any atom is 0.241 e. The van der Waals surface area contributed by atoms with Gasteiger partial charge in [0.2, 0.25) is 18.5 Å². The number of benzene rings is 1. The van der Waals surface area contributed by atoms with E-state index in [-0.39, 0.29) is 23.0 Å². The summed E-state index contributed by atoms with van der Waals surface area (Å²) in [5, 5.41) is 20.9. The van der Waals surface area contributed by atoms with E-state index >= 15 is 0 Å². The molecular weight excluding hydrogens is 350 g/mol. The van der Waals surface area contributed by atoms with Crippen molar-refractivity contribution in [2.45, 2.75) is 19.5 Å². The van der Waals surface area contributed by atoms with Crippen LogP contribution in [0.15, 0.2) is 34.6 Å². The number of hydrogen-bond donors (Lipinski definition) is 2. The first-order chi connectivity index (χ1) is 11.9. The first-order valence-electron chi connectivity index (χ1n) is 7.15. The van der Waals surface area contributed by atoms with Crippen molar-refractivity contribution in [1.29, 1.82) is 0 Å². The third-order valence-electron chi connectivity index (χ3n) is 3.38. The number of aliphatic imine (C=N–C) groups is 1. The molecule has 0 saturated heterocycles.